The van der Waals surface area contributed by atoms with Crippen molar-refractivity contribution in [1.29, 1.82) is 0 Å². The van der Waals surface area contributed by atoms with Gasteiger partial charge in [0.2, 0.25) is 17.9 Å². The number of hydrogen-bond acceptors (Lipinski definition) is 4. The number of rotatable bonds is 6. The van der Waals surface area contributed by atoms with Crippen molar-refractivity contribution in [3.05, 3.63) is 72.8 Å². The van der Waals surface area contributed by atoms with Gasteiger partial charge in [-0.3, -0.25) is 0 Å². The normalized spacial score (nSPS) is 17.5. The van der Waals surface area contributed by atoms with E-state index in [1.165, 1.54) is 0 Å². The number of halogens is 6. The average Bonchev–Trinajstić information content (AvgIpc) is 3.65. The smallest absolute Gasteiger partial charge is 1.00 e. The van der Waals surface area contributed by atoms with Crippen LogP contribution in [-0.2, 0) is 17.1 Å². The minimum absolute atomic E-state index is 0. The van der Waals surface area contributed by atoms with E-state index in [2.05, 4.69) is 149 Å². The molecule has 0 spiro atoms. The van der Waals surface area contributed by atoms with Gasteiger partial charge < -0.3 is 34.3 Å². The molecule has 0 aromatic heterocycles. The summed E-state index contributed by atoms with van der Waals surface area (Å²) in [5.41, 5.74) is 5.54. The van der Waals surface area contributed by atoms with Crippen LogP contribution in [0.15, 0.2) is 87.8 Å². The third-order valence-corrected chi connectivity index (χ3v) is 8.39. The quantitative estimate of drug-likeness (QED) is 0.142. The molecule has 10 nitrogen and oxygen atoms in total. The Labute approximate surface area is 305 Å². The summed E-state index contributed by atoms with van der Waals surface area (Å²) in [6, 6.07) is 25.1. The number of para-hydroxylation sites is 6. The van der Waals surface area contributed by atoms with E-state index < -0.39 is 7.81 Å². The zero-order valence-corrected chi connectivity index (χ0v) is 31.0. The van der Waals surface area contributed by atoms with Gasteiger partial charge in [-0.25, -0.2) is 15.0 Å². The standard InChI is InChI=1S/C33H42N10.Cu.F6P/c1-37-19-20-38(2)31(37)34-25-13-7-10-16-28(25)43(29-17-11-8-14-26(29)35-32-39(3)21-22-40(32)4)30-18-12-9-15-27(30)36-33-41(5)23-24-42(33)6;;1-7(2,3,4,5)6/h7-18H,19-24H2,1-6H3;;/q;+1;-1. The molecule has 0 saturated carbocycles. The Hall–Kier alpha value is -4.20. The molecule has 0 radical (unpaired) electrons. The van der Waals surface area contributed by atoms with Crippen LogP contribution in [0.3, 0.4) is 0 Å². The van der Waals surface area contributed by atoms with Crippen molar-refractivity contribution in [1.82, 2.24) is 29.4 Å². The van der Waals surface area contributed by atoms with Crippen LogP contribution in [-0.4, -0.2) is 129 Å². The van der Waals surface area contributed by atoms with Crippen LogP contribution >= 0.6 is 7.81 Å². The summed E-state index contributed by atoms with van der Waals surface area (Å²) in [5.74, 6) is 2.87. The molecule has 51 heavy (non-hydrogen) atoms. The van der Waals surface area contributed by atoms with Crippen molar-refractivity contribution in [3.8, 4) is 0 Å². The van der Waals surface area contributed by atoms with Gasteiger partial charge >= 0.3 is 50.1 Å². The van der Waals surface area contributed by atoms with E-state index in [4.69, 9.17) is 15.0 Å². The number of aliphatic imine (C=N–C) groups is 3. The topological polar surface area (TPSA) is 59.8 Å². The fourth-order valence-electron chi connectivity index (χ4n) is 5.84. The third-order valence-electron chi connectivity index (χ3n) is 8.39. The predicted octanol–water partition coefficient (Wildman–Crippen LogP) is 8.13. The van der Waals surface area contributed by atoms with E-state index in [0.29, 0.717) is 0 Å². The second-order valence-electron chi connectivity index (χ2n) is 12.5. The van der Waals surface area contributed by atoms with Crippen LogP contribution in [0, 0.1) is 0 Å². The van der Waals surface area contributed by atoms with Gasteiger partial charge in [0.05, 0.1) is 34.1 Å². The van der Waals surface area contributed by atoms with Crippen molar-refractivity contribution in [2.75, 3.05) is 86.5 Å². The Morgan fingerprint density at radius 1 is 0.431 bits per heavy atom. The fourth-order valence-corrected chi connectivity index (χ4v) is 5.84. The molecule has 3 aliphatic heterocycles. The Bertz CT molecular complexity index is 1580. The molecule has 3 saturated heterocycles. The molecular formula is C33H42CuF6N10P. The number of guanidine groups is 3. The van der Waals surface area contributed by atoms with Gasteiger partial charge in [0.1, 0.15) is 0 Å². The fraction of sp³-hybridized carbons (Fsp3) is 0.364. The predicted molar refractivity (Wildman–Crippen MR) is 192 cm³/mol. The van der Waals surface area contributed by atoms with Crippen molar-refractivity contribution >= 4 is 59.8 Å². The summed E-state index contributed by atoms with van der Waals surface area (Å²) in [5, 5.41) is 0. The first-order valence-corrected chi connectivity index (χ1v) is 18.0. The second-order valence-corrected chi connectivity index (χ2v) is 14.4. The number of anilines is 3. The number of hydrogen-bond donors (Lipinski definition) is 0. The Kier molecular flexibility index (Phi) is 11.2. The van der Waals surface area contributed by atoms with Gasteiger partial charge in [-0.1, -0.05) is 36.4 Å². The molecule has 282 valence electrons. The van der Waals surface area contributed by atoms with Crippen molar-refractivity contribution in [3.63, 3.8) is 0 Å². The second kappa shape index (κ2) is 14.4. The maximum atomic E-state index is 9.87. The molecule has 3 heterocycles. The summed E-state index contributed by atoms with van der Waals surface area (Å²) in [4.78, 5) is 31.2. The van der Waals surface area contributed by atoms with Gasteiger partial charge in [-0.05, 0) is 36.4 Å². The first-order valence-electron chi connectivity index (χ1n) is 15.9. The maximum absolute atomic E-state index is 10.7. The van der Waals surface area contributed by atoms with E-state index in [1.54, 1.807) is 0 Å². The van der Waals surface area contributed by atoms with Gasteiger partial charge in [-0.15, -0.1) is 0 Å². The van der Waals surface area contributed by atoms with Crippen molar-refractivity contribution < 1.29 is 42.3 Å². The van der Waals surface area contributed by atoms with Crippen molar-refractivity contribution in [2.45, 2.75) is 0 Å². The zero-order chi connectivity index (χ0) is 36.5. The number of benzene rings is 3. The molecule has 0 unspecified atom stereocenters. The first-order chi connectivity index (χ1) is 23.3. The van der Waals surface area contributed by atoms with Gasteiger partial charge in [0, 0.05) is 81.6 Å². The van der Waals surface area contributed by atoms with E-state index in [9.17, 15) is 25.2 Å². The van der Waals surface area contributed by atoms with Crippen LogP contribution in [0.5, 0.6) is 0 Å². The minimum Gasteiger partial charge on any atom is 1.00 e. The molecule has 3 aromatic rings. The number of nitrogens with zero attached hydrogens (tertiary/aromatic N) is 10. The van der Waals surface area contributed by atoms with Crippen LogP contribution in [0.4, 0.5) is 59.3 Å². The molecule has 0 bridgehead atoms. The first kappa shape index (κ1) is 39.6. The summed E-state index contributed by atoms with van der Waals surface area (Å²) in [6.45, 7) is 5.69. The molecule has 0 amide bonds. The number of likely N-dealkylation sites (N-methyl/N-ethyl adjacent to an activating group) is 6. The van der Waals surface area contributed by atoms with E-state index in [0.717, 1.165) is 91.3 Å². The van der Waals surface area contributed by atoms with Crippen LogP contribution in [0.1, 0.15) is 0 Å². The van der Waals surface area contributed by atoms with Gasteiger partial charge in [0.15, 0.2) is 0 Å². The minimum atomic E-state index is -10.7. The Morgan fingerprint density at radius 2 is 0.627 bits per heavy atom. The van der Waals surface area contributed by atoms with Crippen LogP contribution in [0.25, 0.3) is 0 Å². The SMILES string of the molecule is CN1CCN(C)C1=Nc1ccccc1N(c1ccccc1N=C1N(C)CCN1C)c1ccccc1N=C1N(C)CCN1C.F[P-](F)(F)(F)(F)F.[Cu+]. The Balaban J connectivity index is 0.000000663. The monoisotopic (exact) mass is 786 g/mol. The van der Waals surface area contributed by atoms with Gasteiger partial charge in [-0.2, -0.15) is 0 Å². The maximum Gasteiger partial charge on any atom is 1.00 e. The third kappa shape index (κ3) is 10.4. The molecule has 0 aliphatic carbocycles. The molecule has 0 N–H and O–H groups in total. The zero-order valence-electron chi connectivity index (χ0n) is 29.2. The van der Waals surface area contributed by atoms with Crippen LogP contribution in [0.2, 0.25) is 0 Å². The summed E-state index contributed by atoms with van der Waals surface area (Å²) in [6.07, 6.45) is 0. The summed E-state index contributed by atoms with van der Waals surface area (Å²) < 4.78 is 59.2. The van der Waals surface area contributed by atoms with Crippen molar-refractivity contribution in [2.24, 2.45) is 15.0 Å². The molecule has 0 atom stereocenters. The molecule has 18 heteroatoms. The molecule has 3 fully saturated rings. The Morgan fingerprint density at radius 3 is 0.843 bits per heavy atom. The van der Waals surface area contributed by atoms with Gasteiger partial charge in [0.25, 0.3) is 0 Å². The summed E-state index contributed by atoms with van der Waals surface area (Å²) >= 11 is 0. The molecule has 3 aliphatic rings. The molecule has 6 rings (SSSR count). The molecule has 3 aromatic carbocycles. The van der Waals surface area contributed by atoms with Crippen LogP contribution < -0.4 is 4.90 Å². The largest absolute Gasteiger partial charge is 1.00 e. The van der Waals surface area contributed by atoms with E-state index >= 15 is 0 Å². The summed E-state index contributed by atoms with van der Waals surface area (Å²) in [7, 11) is 1.94. The van der Waals surface area contributed by atoms with E-state index in [-0.39, 0.29) is 17.1 Å². The van der Waals surface area contributed by atoms with E-state index in [1.807, 2.05) is 0 Å². The molecular weight excluding hydrogens is 745 g/mol. The average molecular weight is 787 g/mol.